The first-order chi connectivity index (χ1) is 12.0. The Morgan fingerprint density at radius 2 is 2.04 bits per heavy atom. The van der Waals surface area contributed by atoms with Crippen LogP contribution < -0.4 is 5.32 Å². The molecule has 25 heavy (non-hydrogen) atoms. The molecule has 0 radical (unpaired) electrons. The highest BCUT2D eigenvalue weighted by Crippen LogP contribution is 2.37. The first kappa shape index (κ1) is 17.0. The molecule has 0 aliphatic carbocycles. The summed E-state index contributed by atoms with van der Waals surface area (Å²) in [5, 5.41) is 17.3. The van der Waals surface area contributed by atoms with E-state index in [9.17, 15) is 9.90 Å². The van der Waals surface area contributed by atoms with Crippen molar-refractivity contribution in [2.45, 2.75) is 39.7 Å². The van der Waals surface area contributed by atoms with Crippen LogP contribution in [0.3, 0.4) is 0 Å². The highest BCUT2D eigenvalue weighted by Gasteiger charge is 2.35. The van der Waals surface area contributed by atoms with Crippen LogP contribution in [0.2, 0.25) is 0 Å². The number of benzene rings is 1. The molecule has 2 aromatic rings. The Kier molecular flexibility index (Phi) is 4.74. The highest BCUT2D eigenvalue weighted by molar-refractivity contribution is 5.92. The van der Waals surface area contributed by atoms with Gasteiger partial charge in [-0.25, -0.2) is 9.48 Å². The van der Waals surface area contributed by atoms with Gasteiger partial charge < -0.3 is 15.2 Å². The van der Waals surface area contributed by atoms with Crippen molar-refractivity contribution >= 4 is 11.9 Å². The second-order valence-corrected chi connectivity index (χ2v) is 5.91. The fourth-order valence-corrected chi connectivity index (χ4v) is 3.04. The van der Waals surface area contributed by atoms with Gasteiger partial charge in [-0.1, -0.05) is 25.5 Å². The summed E-state index contributed by atoms with van der Waals surface area (Å²) in [5.41, 5.74) is 2.17. The molecule has 7 heteroatoms. The predicted molar refractivity (Wildman–Crippen MR) is 93.2 cm³/mol. The molecule has 0 bridgehead atoms. The number of aromatic nitrogens is 3. The molecular formula is C18H22N4O3. The van der Waals surface area contributed by atoms with Gasteiger partial charge in [0.2, 0.25) is 5.95 Å². The number of anilines is 1. The maximum atomic E-state index is 12.7. The van der Waals surface area contributed by atoms with Gasteiger partial charge in [0, 0.05) is 5.70 Å². The number of allylic oxidation sites excluding steroid dienone is 1. The zero-order valence-corrected chi connectivity index (χ0v) is 14.6. The van der Waals surface area contributed by atoms with Crippen LogP contribution in [0.15, 0.2) is 35.5 Å². The van der Waals surface area contributed by atoms with Crippen LogP contribution in [0.4, 0.5) is 5.95 Å². The van der Waals surface area contributed by atoms with Gasteiger partial charge in [0.15, 0.2) is 0 Å². The molecule has 0 fully saturated rings. The standard InChI is InChI=1S/C18H22N4O3/c1-4-6-14-15(17(24)25-5-2)16(12-7-9-13(23)10-8-12)22-18(20-14)19-11(3)21-22/h7-10,16,23H,4-6H2,1-3H3,(H,19,20,21)/t16-/m0/s1. The van der Waals surface area contributed by atoms with E-state index in [1.54, 1.807) is 35.9 Å². The Bertz CT molecular complexity index is 808. The van der Waals surface area contributed by atoms with Crippen molar-refractivity contribution in [1.82, 2.24) is 14.8 Å². The molecule has 2 N–H and O–H groups in total. The SMILES string of the molecule is CCCC1=C(C(=O)OCC)[C@H](c2ccc(O)cc2)n2nc(C)nc2N1. The van der Waals surface area contributed by atoms with E-state index in [1.165, 1.54) is 0 Å². The summed E-state index contributed by atoms with van der Waals surface area (Å²) in [6, 6.07) is 6.33. The summed E-state index contributed by atoms with van der Waals surface area (Å²) < 4.78 is 7.01. The Hall–Kier alpha value is -2.83. The van der Waals surface area contributed by atoms with Crippen LogP contribution in [0.5, 0.6) is 5.75 Å². The fourth-order valence-electron chi connectivity index (χ4n) is 3.04. The summed E-state index contributed by atoms with van der Waals surface area (Å²) >= 11 is 0. The van der Waals surface area contributed by atoms with E-state index in [2.05, 4.69) is 22.3 Å². The van der Waals surface area contributed by atoms with E-state index >= 15 is 0 Å². The minimum absolute atomic E-state index is 0.170. The molecule has 0 spiro atoms. The number of nitrogens with one attached hydrogen (secondary N) is 1. The number of nitrogens with zero attached hydrogens (tertiary/aromatic N) is 3. The van der Waals surface area contributed by atoms with Gasteiger partial charge in [0.25, 0.3) is 0 Å². The van der Waals surface area contributed by atoms with Crippen molar-refractivity contribution in [2.75, 3.05) is 11.9 Å². The maximum absolute atomic E-state index is 12.7. The maximum Gasteiger partial charge on any atom is 0.338 e. The molecule has 1 aliphatic heterocycles. The third kappa shape index (κ3) is 3.22. The Morgan fingerprint density at radius 1 is 1.32 bits per heavy atom. The summed E-state index contributed by atoms with van der Waals surface area (Å²) in [7, 11) is 0. The van der Waals surface area contributed by atoms with Crippen molar-refractivity contribution in [2.24, 2.45) is 0 Å². The van der Waals surface area contributed by atoms with Crippen molar-refractivity contribution in [3.8, 4) is 5.75 Å². The number of hydrogen-bond acceptors (Lipinski definition) is 6. The van der Waals surface area contributed by atoms with Gasteiger partial charge in [0.05, 0.1) is 12.2 Å². The molecule has 132 valence electrons. The van der Waals surface area contributed by atoms with Crippen LogP contribution in [-0.4, -0.2) is 32.4 Å². The minimum Gasteiger partial charge on any atom is -0.508 e. The van der Waals surface area contributed by atoms with Crippen molar-refractivity contribution in [3.63, 3.8) is 0 Å². The van der Waals surface area contributed by atoms with Gasteiger partial charge in [-0.3, -0.25) is 0 Å². The summed E-state index contributed by atoms with van der Waals surface area (Å²) in [5.74, 6) is 1.03. The van der Waals surface area contributed by atoms with Gasteiger partial charge in [0.1, 0.15) is 17.6 Å². The van der Waals surface area contributed by atoms with E-state index in [4.69, 9.17) is 4.74 Å². The Labute approximate surface area is 146 Å². The van der Waals surface area contributed by atoms with Gasteiger partial charge in [-0.2, -0.15) is 10.1 Å². The number of aryl methyl sites for hydroxylation is 1. The lowest BCUT2D eigenvalue weighted by molar-refractivity contribution is -0.139. The van der Waals surface area contributed by atoms with Gasteiger partial charge in [-0.15, -0.1) is 0 Å². The monoisotopic (exact) mass is 342 g/mol. The molecule has 0 saturated heterocycles. The number of aromatic hydroxyl groups is 1. The molecule has 3 rings (SSSR count). The quantitative estimate of drug-likeness (QED) is 0.812. The molecule has 7 nitrogen and oxygen atoms in total. The van der Waals surface area contributed by atoms with E-state index in [-0.39, 0.29) is 11.7 Å². The average molecular weight is 342 g/mol. The number of rotatable bonds is 5. The number of fused-ring (bicyclic) bond motifs is 1. The van der Waals surface area contributed by atoms with Crippen LogP contribution in [0, 0.1) is 6.92 Å². The van der Waals surface area contributed by atoms with Crippen molar-refractivity contribution in [1.29, 1.82) is 0 Å². The number of carbonyl (C=O) groups excluding carboxylic acids is 1. The molecule has 1 aromatic heterocycles. The summed E-state index contributed by atoms with van der Waals surface area (Å²) in [4.78, 5) is 17.1. The topological polar surface area (TPSA) is 89.3 Å². The smallest absolute Gasteiger partial charge is 0.338 e. The van der Waals surface area contributed by atoms with Crippen LogP contribution in [-0.2, 0) is 9.53 Å². The zero-order valence-electron chi connectivity index (χ0n) is 14.6. The first-order valence-electron chi connectivity index (χ1n) is 8.44. The summed E-state index contributed by atoms with van der Waals surface area (Å²) in [6.45, 7) is 5.95. The predicted octanol–water partition coefficient (Wildman–Crippen LogP) is 2.92. The van der Waals surface area contributed by atoms with Crippen molar-refractivity contribution < 1.29 is 14.6 Å². The summed E-state index contributed by atoms with van der Waals surface area (Å²) in [6.07, 6.45) is 1.58. The fraction of sp³-hybridized carbons (Fsp3) is 0.389. The third-order valence-electron chi connectivity index (χ3n) is 4.05. The molecule has 1 aromatic carbocycles. The molecule has 0 saturated carbocycles. The lowest BCUT2D eigenvalue weighted by atomic mass is 9.94. The largest absolute Gasteiger partial charge is 0.508 e. The van der Waals surface area contributed by atoms with Crippen molar-refractivity contribution in [3.05, 3.63) is 46.9 Å². The highest BCUT2D eigenvalue weighted by atomic mass is 16.5. The number of ether oxygens (including phenoxy) is 1. The van der Waals surface area contributed by atoms with E-state index in [0.717, 1.165) is 17.7 Å². The lowest BCUT2D eigenvalue weighted by Crippen LogP contribution is -2.30. The lowest BCUT2D eigenvalue weighted by Gasteiger charge is -2.29. The molecule has 0 amide bonds. The average Bonchev–Trinajstić information content (AvgIpc) is 2.95. The van der Waals surface area contributed by atoms with Crippen LogP contribution >= 0.6 is 0 Å². The molecule has 1 aliphatic rings. The normalized spacial score (nSPS) is 16.4. The third-order valence-corrected chi connectivity index (χ3v) is 4.05. The Balaban J connectivity index is 2.18. The second-order valence-electron chi connectivity index (χ2n) is 5.91. The number of phenolic OH excluding ortho intramolecular Hbond substituents is 1. The number of hydrogen-bond donors (Lipinski definition) is 2. The van der Waals surface area contributed by atoms with Gasteiger partial charge in [-0.05, 0) is 38.0 Å². The minimum atomic E-state index is -0.446. The number of carbonyl (C=O) groups is 1. The molecule has 2 heterocycles. The van der Waals surface area contributed by atoms with E-state index < -0.39 is 6.04 Å². The molecular weight excluding hydrogens is 320 g/mol. The van der Waals surface area contributed by atoms with Crippen LogP contribution in [0.25, 0.3) is 0 Å². The van der Waals surface area contributed by atoms with Crippen LogP contribution in [0.1, 0.15) is 44.1 Å². The number of phenols is 1. The first-order valence-corrected chi connectivity index (χ1v) is 8.44. The Morgan fingerprint density at radius 3 is 2.68 bits per heavy atom. The molecule has 0 unspecified atom stereocenters. The van der Waals surface area contributed by atoms with Gasteiger partial charge >= 0.3 is 5.97 Å². The second kappa shape index (κ2) is 6.96. The zero-order chi connectivity index (χ0) is 18.0. The number of esters is 1. The van der Waals surface area contributed by atoms with E-state index in [1.807, 2.05) is 6.92 Å². The molecule has 1 atom stereocenters. The van der Waals surface area contributed by atoms with E-state index in [0.29, 0.717) is 30.4 Å².